The quantitative estimate of drug-likeness (QED) is 0.648. The lowest BCUT2D eigenvalue weighted by molar-refractivity contribution is 0.0947. The van der Waals surface area contributed by atoms with E-state index < -0.39 is 0 Å². The molecule has 4 nitrogen and oxygen atoms in total. The molecule has 25 heavy (non-hydrogen) atoms. The largest absolute Gasteiger partial charge is 0.352 e. The molecule has 5 heteroatoms. The van der Waals surface area contributed by atoms with Crippen molar-refractivity contribution in [3.05, 3.63) is 41.0 Å². The van der Waals surface area contributed by atoms with E-state index in [1.54, 1.807) is 12.1 Å². The van der Waals surface area contributed by atoms with Crippen molar-refractivity contribution in [1.82, 2.24) is 15.2 Å². The Balaban J connectivity index is 1.48. The Morgan fingerprint density at radius 2 is 2.00 bits per heavy atom. The average Bonchev–Trinajstić information content (AvgIpc) is 2.57. The van der Waals surface area contributed by atoms with Crippen molar-refractivity contribution >= 4 is 28.4 Å². The minimum atomic E-state index is -0.0303. The zero-order chi connectivity index (χ0) is 17.8. The average molecular weight is 360 g/mol. The number of nitrogens with one attached hydrogen (secondary N) is 1. The molecule has 0 spiro atoms. The number of nitrogens with zero attached hydrogens (tertiary/aromatic N) is 2. The number of hydrogen-bond acceptors (Lipinski definition) is 3. The third-order valence-electron chi connectivity index (χ3n) is 4.80. The highest BCUT2D eigenvalue weighted by Gasteiger charge is 2.21. The molecule has 0 aliphatic carbocycles. The maximum atomic E-state index is 12.3. The number of carbonyl (C=O) groups is 1. The second-order valence-electron chi connectivity index (χ2n) is 7.36. The molecule has 0 bridgehead atoms. The van der Waals surface area contributed by atoms with Crippen LogP contribution in [0.2, 0.25) is 5.15 Å². The van der Waals surface area contributed by atoms with Crippen LogP contribution in [-0.4, -0.2) is 42.0 Å². The van der Waals surface area contributed by atoms with E-state index in [9.17, 15) is 4.79 Å². The summed E-state index contributed by atoms with van der Waals surface area (Å²) in [5.74, 6) is 1.52. The lowest BCUT2D eigenvalue weighted by Gasteiger charge is -2.34. The number of halogens is 1. The van der Waals surface area contributed by atoms with Gasteiger partial charge in [-0.25, -0.2) is 4.98 Å². The van der Waals surface area contributed by atoms with Crippen LogP contribution < -0.4 is 5.32 Å². The van der Waals surface area contributed by atoms with Gasteiger partial charge in [-0.15, -0.1) is 0 Å². The van der Waals surface area contributed by atoms with Crippen LogP contribution in [0.3, 0.4) is 0 Å². The maximum Gasteiger partial charge on any atom is 0.251 e. The van der Waals surface area contributed by atoms with Crippen LogP contribution >= 0.6 is 11.6 Å². The number of hydrogen-bond donors (Lipinski definition) is 1. The van der Waals surface area contributed by atoms with Gasteiger partial charge >= 0.3 is 0 Å². The first-order valence-corrected chi connectivity index (χ1v) is 9.46. The van der Waals surface area contributed by atoms with Crippen molar-refractivity contribution in [1.29, 1.82) is 0 Å². The summed E-state index contributed by atoms with van der Waals surface area (Å²) in [6.45, 7) is 8.76. The van der Waals surface area contributed by atoms with E-state index in [1.807, 2.05) is 18.2 Å². The van der Waals surface area contributed by atoms with Crippen molar-refractivity contribution < 1.29 is 4.79 Å². The molecule has 1 aromatic carbocycles. The van der Waals surface area contributed by atoms with E-state index in [-0.39, 0.29) is 5.91 Å². The molecule has 0 saturated carbocycles. The standard InChI is InChI=1S/C20H26ClN3O/c1-14-10-15(2)13-24(12-14)9-3-8-22-20(25)17-4-6-18-16(11-17)5-7-19(21)23-18/h4-7,11,14-15H,3,8-10,12-13H2,1-2H3,(H,22,25). The van der Waals surface area contributed by atoms with E-state index >= 15 is 0 Å². The summed E-state index contributed by atoms with van der Waals surface area (Å²) in [6.07, 6.45) is 2.31. The Morgan fingerprint density at radius 1 is 1.24 bits per heavy atom. The van der Waals surface area contributed by atoms with Gasteiger partial charge in [0.05, 0.1) is 5.52 Å². The molecular formula is C20H26ClN3O. The minimum Gasteiger partial charge on any atom is -0.352 e. The summed E-state index contributed by atoms with van der Waals surface area (Å²) >= 11 is 5.89. The lowest BCUT2D eigenvalue weighted by atomic mass is 9.92. The Labute approximate surface area is 154 Å². The first-order valence-electron chi connectivity index (χ1n) is 9.08. The number of piperidine rings is 1. The van der Waals surface area contributed by atoms with E-state index in [1.165, 1.54) is 19.5 Å². The van der Waals surface area contributed by atoms with Crippen molar-refractivity contribution in [3.8, 4) is 0 Å². The molecule has 2 atom stereocenters. The van der Waals surface area contributed by atoms with Gasteiger partial charge in [0, 0.05) is 30.6 Å². The van der Waals surface area contributed by atoms with Crippen LogP contribution in [0.15, 0.2) is 30.3 Å². The molecule has 3 rings (SSSR count). The summed E-state index contributed by atoms with van der Waals surface area (Å²) in [6, 6.07) is 9.13. The molecule has 1 amide bonds. The molecular weight excluding hydrogens is 334 g/mol. The Hall–Kier alpha value is -1.65. The van der Waals surface area contributed by atoms with E-state index in [0.29, 0.717) is 17.3 Å². The summed E-state index contributed by atoms with van der Waals surface area (Å²) in [7, 11) is 0. The molecule has 1 N–H and O–H groups in total. The topological polar surface area (TPSA) is 45.2 Å². The van der Waals surface area contributed by atoms with Gasteiger partial charge in [-0.1, -0.05) is 25.4 Å². The molecule has 134 valence electrons. The summed E-state index contributed by atoms with van der Waals surface area (Å²) in [5, 5.41) is 4.41. The van der Waals surface area contributed by atoms with Gasteiger partial charge in [-0.05, 0) is 61.6 Å². The Morgan fingerprint density at radius 3 is 2.76 bits per heavy atom. The lowest BCUT2D eigenvalue weighted by Crippen LogP contribution is -2.40. The van der Waals surface area contributed by atoms with Gasteiger partial charge in [-0.2, -0.15) is 0 Å². The zero-order valence-corrected chi connectivity index (χ0v) is 15.7. The zero-order valence-electron chi connectivity index (χ0n) is 15.0. The molecule has 1 saturated heterocycles. The van der Waals surface area contributed by atoms with E-state index in [2.05, 4.69) is 29.0 Å². The molecule has 1 aliphatic rings. The van der Waals surface area contributed by atoms with Gasteiger partial charge in [0.15, 0.2) is 0 Å². The SMILES string of the molecule is CC1CC(C)CN(CCCNC(=O)c2ccc3nc(Cl)ccc3c2)C1. The van der Waals surface area contributed by atoms with Crippen molar-refractivity contribution in [2.45, 2.75) is 26.7 Å². The fourth-order valence-corrected chi connectivity index (χ4v) is 3.98. The normalized spacial score (nSPS) is 21.4. The number of carbonyl (C=O) groups excluding carboxylic acids is 1. The van der Waals surface area contributed by atoms with E-state index in [4.69, 9.17) is 11.6 Å². The summed E-state index contributed by atoms with van der Waals surface area (Å²) in [4.78, 5) is 19.1. The molecule has 2 heterocycles. The summed E-state index contributed by atoms with van der Waals surface area (Å²) < 4.78 is 0. The first kappa shape index (κ1) is 18.2. The maximum absolute atomic E-state index is 12.3. The number of fused-ring (bicyclic) bond motifs is 1. The first-order chi connectivity index (χ1) is 12.0. The van der Waals surface area contributed by atoms with Gasteiger partial charge in [0.25, 0.3) is 5.91 Å². The van der Waals surface area contributed by atoms with Gasteiger partial charge < -0.3 is 10.2 Å². The molecule has 1 aliphatic heterocycles. The fourth-order valence-electron chi connectivity index (χ4n) is 3.82. The van der Waals surface area contributed by atoms with Gasteiger partial charge in [0.1, 0.15) is 5.15 Å². The van der Waals surface area contributed by atoms with Crippen molar-refractivity contribution in [2.24, 2.45) is 11.8 Å². The van der Waals surface area contributed by atoms with Crippen LogP contribution in [0.25, 0.3) is 10.9 Å². The van der Waals surface area contributed by atoms with Crippen LogP contribution in [0.4, 0.5) is 0 Å². The smallest absolute Gasteiger partial charge is 0.251 e. The van der Waals surface area contributed by atoms with Crippen molar-refractivity contribution in [3.63, 3.8) is 0 Å². The van der Waals surface area contributed by atoms with Crippen LogP contribution in [0.5, 0.6) is 0 Å². The number of aromatic nitrogens is 1. The highest BCUT2D eigenvalue weighted by Crippen LogP contribution is 2.21. The third kappa shape index (κ3) is 4.93. The number of pyridine rings is 1. The predicted octanol–water partition coefficient (Wildman–Crippen LogP) is 3.99. The second kappa shape index (κ2) is 8.15. The van der Waals surface area contributed by atoms with Crippen LogP contribution in [-0.2, 0) is 0 Å². The van der Waals surface area contributed by atoms with Crippen molar-refractivity contribution in [2.75, 3.05) is 26.2 Å². The Bertz CT molecular complexity index is 739. The monoisotopic (exact) mass is 359 g/mol. The second-order valence-corrected chi connectivity index (χ2v) is 7.74. The molecule has 2 aromatic rings. The summed E-state index contributed by atoms with van der Waals surface area (Å²) in [5.41, 5.74) is 1.47. The van der Waals surface area contributed by atoms with Gasteiger partial charge in [-0.3, -0.25) is 4.79 Å². The number of rotatable bonds is 5. The van der Waals surface area contributed by atoms with Crippen LogP contribution in [0, 0.1) is 11.8 Å². The highest BCUT2D eigenvalue weighted by molar-refractivity contribution is 6.29. The predicted molar refractivity (Wildman–Crippen MR) is 103 cm³/mol. The number of benzene rings is 1. The molecule has 1 fully saturated rings. The molecule has 2 unspecified atom stereocenters. The minimum absolute atomic E-state index is 0.0303. The Kier molecular flexibility index (Phi) is 5.92. The number of amides is 1. The molecule has 1 aromatic heterocycles. The van der Waals surface area contributed by atoms with Crippen LogP contribution in [0.1, 0.15) is 37.0 Å². The fraction of sp³-hybridized carbons (Fsp3) is 0.500. The number of likely N-dealkylation sites (tertiary alicyclic amines) is 1. The van der Waals surface area contributed by atoms with E-state index in [0.717, 1.165) is 35.7 Å². The molecule has 0 radical (unpaired) electrons. The third-order valence-corrected chi connectivity index (χ3v) is 5.01. The van der Waals surface area contributed by atoms with Gasteiger partial charge in [0.2, 0.25) is 0 Å². The highest BCUT2D eigenvalue weighted by atomic mass is 35.5.